The molecule has 1 aromatic heterocycles. The van der Waals surface area contributed by atoms with Gasteiger partial charge < -0.3 is 9.32 Å². The molecule has 0 spiro atoms. The van der Waals surface area contributed by atoms with Crippen molar-refractivity contribution in [2.24, 2.45) is 0 Å². The quantitative estimate of drug-likeness (QED) is 0.165. The van der Waals surface area contributed by atoms with Crippen LogP contribution in [0.4, 0.5) is 34.3 Å². The summed E-state index contributed by atoms with van der Waals surface area (Å²) in [4.78, 5) is 5.12. The molecule has 0 bridgehead atoms. The van der Waals surface area contributed by atoms with E-state index in [1.165, 1.54) is 94.6 Å². The lowest BCUT2D eigenvalue weighted by atomic mass is 9.33. The third-order valence-corrected chi connectivity index (χ3v) is 15.8. The fourth-order valence-corrected chi connectivity index (χ4v) is 11.4. The summed E-state index contributed by atoms with van der Waals surface area (Å²) >= 11 is 0. The van der Waals surface area contributed by atoms with E-state index in [1.54, 1.807) is 0 Å². The summed E-state index contributed by atoms with van der Waals surface area (Å²) in [5.41, 5.74) is 22.8. The summed E-state index contributed by atoms with van der Waals surface area (Å²) in [6.45, 7) is 39.8. The molecular weight excluding hydrogens is 812 g/mol. The number of nitrogens with zero attached hydrogens (tertiary/aromatic N) is 2. The van der Waals surface area contributed by atoms with E-state index >= 15 is 0 Å². The molecule has 0 saturated carbocycles. The first kappa shape index (κ1) is 45.3. The Morgan fingerprint density at radius 1 is 0.478 bits per heavy atom. The molecular formula is C63H73BN2O. The second-order valence-electron chi connectivity index (χ2n) is 25.9. The molecule has 0 unspecified atom stereocenters. The number of anilines is 6. The Hall–Kier alpha value is -5.48. The molecule has 3 heterocycles. The van der Waals surface area contributed by atoms with Gasteiger partial charge in [-0.2, -0.15) is 0 Å². The Morgan fingerprint density at radius 3 is 1.54 bits per heavy atom. The van der Waals surface area contributed by atoms with Gasteiger partial charge in [0, 0.05) is 39.2 Å². The van der Waals surface area contributed by atoms with Crippen LogP contribution in [0, 0.1) is 6.92 Å². The molecule has 7 aromatic rings. The highest BCUT2D eigenvalue weighted by Crippen LogP contribution is 2.52. The molecule has 6 aromatic carbocycles. The van der Waals surface area contributed by atoms with E-state index in [4.69, 9.17) is 4.42 Å². The molecule has 1 aliphatic carbocycles. The van der Waals surface area contributed by atoms with Crippen molar-refractivity contribution in [2.45, 2.75) is 163 Å². The van der Waals surface area contributed by atoms with Crippen molar-refractivity contribution in [2.75, 3.05) is 9.80 Å². The van der Waals surface area contributed by atoms with Gasteiger partial charge in [0.1, 0.15) is 5.58 Å². The number of fused-ring (bicyclic) bond motifs is 7. The van der Waals surface area contributed by atoms with Crippen LogP contribution in [0.15, 0.2) is 114 Å². The Labute approximate surface area is 403 Å². The normalized spacial score (nSPS) is 16.5. The van der Waals surface area contributed by atoms with Crippen LogP contribution in [0.25, 0.3) is 22.1 Å². The Kier molecular flexibility index (Phi) is 9.98. The van der Waals surface area contributed by atoms with Gasteiger partial charge in [-0.3, -0.25) is 4.90 Å². The van der Waals surface area contributed by atoms with Crippen molar-refractivity contribution < 1.29 is 4.42 Å². The first-order valence-electron chi connectivity index (χ1n) is 25.0. The van der Waals surface area contributed by atoms with Gasteiger partial charge >= 0.3 is 0 Å². The number of hydrogen-bond donors (Lipinski definition) is 0. The number of rotatable bonds is 3. The third-order valence-electron chi connectivity index (χ3n) is 15.8. The summed E-state index contributed by atoms with van der Waals surface area (Å²) in [6, 6.07) is 43.1. The second kappa shape index (κ2) is 14.8. The first-order valence-corrected chi connectivity index (χ1v) is 25.0. The average molecular weight is 885 g/mol. The fourth-order valence-electron chi connectivity index (χ4n) is 11.4. The van der Waals surface area contributed by atoms with E-state index in [0.717, 1.165) is 30.0 Å². The molecule has 0 amide bonds. The molecule has 67 heavy (non-hydrogen) atoms. The van der Waals surface area contributed by atoms with Gasteiger partial charge in [0.2, 0.25) is 5.88 Å². The topological polar surface area (TPSA) is 19.6 Å². The molecule has 344 valence electrons. The zero-order chi connectivity index (χ0) is 48.1. The maximum absolute atomic E-state index is 7.44. The van der Waals surface area contributed by atoms with Gasteiger partial charge in [0.15, 0.2) is 0 Å². The van der Waals surface area contributed by atoms with Crippen LogP contribution < -0.4 is 26.2 Å². The van der Waals surface area contributed by atoms with Crippen LogP contribution in [0.2, 0.25) is 0 Å². The molecule has 3 nitrogen and oxygen atoms in total. The zero-order valence-corrected chi connectivity index (χ0v) is 43.7. The van der Waals surface area contributed by atoms with Crippen molar-refractivity contribution in [3.63, 3.8) is 0 Å². The molecule has 3 aliphatic rings. The van der Waals surface area contributed by atoms with E-state index in [0.29, 0.717) is 0 Å². The lowest BCUT2D eigenvalue weighted by Gasteiger charge is -2.47. The van der Waals surface area contributed by atoms with Crippen molar-refractivity contribution >= 4 is 68.4 Å². The Morgan fingerprint density at radius 2 is 0.970 bits per heavy atom. The Bertz CT molecular complexity index is 3110. The van der Waals surface area contributed by atoms with Crippen LogP contribution in [0.3, 0.4) is 0 Å². The van der Waals surface area contributed by atoms with E-state index in [9.17, 15) is 0 Å². The van der Waals surface area contributed by atoms with Crippen molar-refractivity contribution in [1.82, 2.24) is 0 Å². The zero-order valence-electron chi connectivity index (χ0n) is 43.7. The molecule has 0 radical (unpaired) electrons. The molecule has 0 atom stereocenters. The minimum Gasteiger partial charge on any atom is -0.440 e. The van der Waals surface area contributed by atoms with Crippen LogP contribution in [-0.4, -0.2) is 6.71 Å². The fraction of sp³-hybridized carbons (Fsp3) is 0.397. The highest BCUT2D eigenvalue weighted by molar-refractivity contribution is 7.01. The predicted octanol–water partition coefficient (Wildman–Crippen LogP) is 16.0. The van der Waals surface area contributed by atoms with Crippen LogP contribution in [-0.2, 0) is 32.5 Å². The highest BCUT2D eigenvalue weighted by atomic mass is 16.4. The van der Waals surface area contributed by atoms with Gasteiger partial charge in [0.05, 0.1) is 5.69 Å². The van der Waals surface area contributed by atoms with Gasteiger partial charge in [-0.05, 0) is 162 Å². The van der Waals surface area contributed by atoms with Crippen LogP contribution in [0.1, 0.15) is 163 Å². The summed E-state index contributed by atoms with van der Waals surface area (Å²) in [7, 11) is 0. The first-order chi connectivity index (χ1) is 31.1. The minimum atomic E-state index is -0.0667. The van der Waals surface area contributed by atoms with Crippen molar-refractivity contribution in [1.29, 1.82) is 0 Å². The van der Waals surface area contributed by atoms with Gasteiger partial charge in [0.25, 0.3) is 6.71 Å². The number of benzene rings is 6. The van der Waals surface area contributed by atoms with E-state index < -0.39 is 0 Å². The smallest absolute Gasteiger partial charge is 0.257 e. The largest absolute Gasteiger partial charge is 0.440 e. The van der Waals surface area contributed by atoms with E-state index in [-0.39, 0.29) is 39.2 Å². The van der Waals surface area contributed by atoms with Crippen molar-refractivity contribution in [3.05, 3.63) is 148 Å². The summed E-state index contributed by atoms with van der Waals surface area (Å²) in [5.74, 6) is 0.914. The summed E-state index contributed by atoms with van der Waals surface area (Å²) in [5, 5.41) is 1.20. The lowest BCUT2D eigenvalue weighted by Crippen LogP contribution is -2.61. The Balaban J connectivity index is 1.34. The average Bonchev–Trinajstić information content (AvgIpc) is 3.62. The lowest BCUT2D eigenvalue weighted by molar-refractivity contribution is 0.332. The predicted molar refractivity (Wildman–Crippen MR) is 290 cm³/mol. The van der Waals surface area contributed by atoms with Crippen LogP contribution >= 0.6 is 0 Å². The number of hydrogen-bond acceptors (Lipinski definition) is 3. The van der Waals surface area contributed by atoms with Crippen LogP contribution in [0.5, 0.6) is 0 Å². The second-order valence-corrected chi connectivity index (χ2v) is 25.9. The number of aryl methyl sites for hydroxylation is 1. The summed E-state index contributed by atoms with van der Waals surface area (Å²) in [6.07, 6.45) is 2.31. The molecule has 0 N–H and O–H groups in total. The van der Waals surface area contributed by atoms with Crippen molar-refractivity contribution in [3.8, 4) is 11.1 Å². The minimum absolute atomic E-state index is 0.0308. The van der Waals surface area contributed by atoms with E-state index in [1.807, 2.05) is 0 Å². The van der Waals surface area contributed by atoms with E-state index in [2.05, 4.69) is 237 Å². The van der Waals surface area contributed by atoms with Gasteiger partial charge in [-0.25, -0.2) is 0 Å². The number of furan rings is 1. The maximum atomic E-state index is 7.44. The molecule has 0 fully saturated rings. The van der Waals surface area contributed by atoms with Gasteiger partial charge in [-0.15, -0.1) is 0 Å². The molecule has 2 aliphatic heterocycles. The molecule has 10 rings (SSSR count). The third kappa shape index (κ3) is 7.39. The summed E-state index contributed by atoms with van der Waals surface area (Å²) < 4.78 is 7.44. The van der Waals surface area contributed by atoms with Gasteiger partial charge in [-0.1, -0.05) is 165 Å². The highest BCUT2D eigenvalue weighted by Gasteiger charge is 2.49. The monoisotopic (exact) mass is 885 g/mol. The standard InChI is InChI=1S/C63H73BN2O/c1-38-32-52-56-53(33-38)66(50-28-24-42(60(8,9)10)34-45(50)39-18-20-40(21-19-39)58(2,3)4)57-55(46-35-43(61(11,12)13)25-29-54(46)67-57)64(56)49-36-47-48(63(16,17)31-30-62(47,14)15)37-51(49)65(52)44-26-22-41(23-27-44)59(5,6)7/h18-29,32-37H,30-31H2,1-17H3. The maximum Gasteiger partial charge on any atom is 0.257 e. The SMILES string of the molecule is Cc1cc2c3c(c1)N(c1ccc(C(C)(C)C)cc1-c1ccc(C(C)(C)C)cc1)c1oc4ccc(C(C)(C)C)cc4c1B3c1cc3c(cc1N2c1ccc(C(C)(C)C)cc1)C(C)(C)CCC3(C)C. The molecule has 0 saturated heterocycles. The molecule has 4 heteroatoms.